The van der Waals surface area contributed by atoms with Crippen LogP contribution in [0.4, 0.5) is 0 Å². The van der Waals surface area contributed by atoms with Gasteiger partial charge in [0.1, 0.15) is 17.1 Å². The van der Waals surface area contributed by atoms with Gasteiger partial charge in [-0.25, -0.2) is 0 Å². The smallest absolute Gasteiger partial charge is 0.166 e. The average Bonchev–Trinajstić information content (AvgIpc) is 2.32. The molecule has 0 radical (unpaired) electrons. The van der Waals surface area contributed by atoms with Crippen molar-refractivity contribution in [3.63, 3.8) is 0 Å². The molecule has 3 nitrogen and oxygen atoms in total. The number of hydrogen-bond acceptors (Lipinski definition) is 3. The molecule has 2 aliphatic rings. The lowest BCUT2D eigenvalue weighted by atomic mass is 9.73. The van der Waals surface area contributed by atoms with Gasteiger partial charge in [-0.15, -0.1) is 0 Å². The summed E-state index contributed by atoms with van der Waals surface area (Å²) in [6, 6.07) is 3.59. The van der Waals surface area contributed by atoms with E-state index in [1.165, 1.54) is 0 Å². The molecule has 1 aliphatic carbocycles. The van der Waals surface area contributed by atoms with Gasteiger partial charge in [-0.2, -0.15) is 0 Å². The second-order valence-electron chi connectivity index (χ2n) is 6.43. The Labute approximate surface area is 119 Å². The number of rotatable bonds is 0. The van der Waals surface area contributed by atoms with Crippen LogP contribution in [0.15, 0.2) is 17.7 Å². The molecule has 1 N–H and O–H groups in total. The lowest BCUT2D eigenvalue weighted by molar-refractivity contribution is -0.117. The number of hydrogen-bond donors (Lipinski definition) is 1. The molecule has 0 fully saturated rings. The van der Waals surface area contributed by atoms with Gasteiger partial charge < -0.3 is 9.84 Å². The van der Waals surface area contributed by atoms with Crippen LogP contribution in [-0.2, 0) is 4.79 Å². The topological polar surface area (TPSA) is 46.5 Å². The molecule has 20 heavy (non-hydrogen) atoms. The Morgan fingerprint density at radius 3 is 2.75 bits per heavy atom. The van der Waals surface area contributed by atoms with Gasteiger partial charge in [-0.3, -0.25) is 4.79 Å². The second kappa shape index (κ2) is 4.11. The molecule has 1 aromatic rings. The molecule has 106 valence electrons. The number of ketones is 1. The normalized spacial score (nSPS) is 24.0. The third-order valence-corrected chi connectivity index (χ3v) is 4.39. The Morgan fingerprint density at radius 2 is 2.05 bits per heavy atom. The van der Waals surface area contributed by atoms with Crippen LogP contribution in [0.3, 0.4) is 0 Å². The summed E-state index contributed by atoms with van der Waals surface area (Å²) in [5.41, 5.74) is 2.73. The van der Waals surface area contributed by atoms with Crippen LogP contribution < -0.4 is 4.74 Å². The van der Waals surface area contributed by atoms with Crippen molar-refractivity contribution in [2.45, 2.75) is 46.1 Å². The first-order valence-corrected chi connectivity index (χ1v) is 7.12. The zero-order chi connectivity index (χ0) is 14.7. The minimum absolute atomic E-state index is 0.0104. The van der Waals surface area contributed by atoms with E-state index in [9.17, 15) is 9.90 Å². The Balaban J connectivity index is 2.32. The molecule has 0 saturated heterocycles. The molecule has 0 aromatic heterocycles. The highest BCUT2D eigenvalue weighted by molar-refractivity contribution is 6.25. The maximum absolute atomic E-state index is 12.6. The van der Waals surface area contributed by atoms with Crippen LogP contribution in [0.25, 0.3) is 5.57 Å². The fourth-order valence-corrected chi connectivity index (χ4v) is 3.29. The Morgan fingerprint density at radius 1 is 1.35 bits per heavy atom. The summed E-state index contributed by atoms with van der Waals surface area (Å²) in [6.07, 6.45) is 1.70. The minimum Gasteiger partial charge on any atom is -0.507 e. The number of carbonyl (C=O) groups is 1. The molecule has 1 unspecified atom stereocenters. The first-order chi connectivity index (χ1) is 9.31. The Bertz CT molecular complexity index is 638. The third-order valence-electron chi connectivity index (χ3n) is 4.39. The molecule has 1 heterocycles. The Kier molecular flexibility index (Phi) is 2.72. The van der Waals surface area contributed by atoms with E-state index < -0.39 is 5.60 Å². The number of Topliss-reactive ketones (excluding diaryl/α,β-unsaturated/α-hetero) is 1. The molecular weight excluding hydrogens is 252 g/mol. The van der Waals surface area contributed by atoms with E-state index in [0.717, 1.165) is 24.0 Å². The van der Waals surface area contributed by atoms with Gasteiger partial charge in [0.05, 0.1) is 5.56 Å². The summed E-state index contributed by atoms with van der Waals surface area (Å²) < 4.78 is 6.06. The van der Waals surface area contributed by atoms with Gasteiger partial charge in [0, 0.05) is 11.5 Å². The summed E-state index contributed by atoms with van der Waals surface area (Å²) in [7, 11) is 0. The zero-order valence-electron chi connectivity index (χ0n) is 12.4. The van der Waals surface area contributed by atoms with E-state index in [1.807, 2.05) is 33.8 Å². The summed E-state index contributed by atoms with van der Waals surface area (Å²) >= 11 is 0. The fraction of sp³-hybridized carbons (Fsp3) is 0.471. The molecule has 0 saturated carbocycles. The summed E-state index contributed by atoms with van der Waals surface area (Å²) in [4.78, 5) is 12.6. The highest BCUT2D eigenvalue weighted by atomic mass is 16.5. The molecule has 0 amide bonds. The summed E-state index contributed by atoms with van der Waals surface area (Å²) in [6.45, 7) is 7.85. The maximum atomic E-state index is 12.6. The van der Waals surface area contributed by atoms with Crippen molar-refractivity contribution < 1.29 is 14.6 Å². The zero-order valence-corrected chi connectivity index (χ0v) is 12.4. The number of aromatic hydroxyl groups is 1. The van der Waals surface area contributed by atoms with Crippen molar-refractivity contribution in [3.8, 4) is 11.5 Å². The van der Waals surface area contributed by atoms with Crippen molar-refractivity contribution in [1.82, 2.24) is 0 Å². The predicted octanol–water partition coefficient (Wildman–Crippen LogP) is 3.62. The SMILES string of the molecule is Cc1cc(O)c2c(c1)OC(C)(C)C1=C2C(=O)C(C)CC1. The largest absolute Gasteiger partial charge is 0.507 e. The van der Waals surface area contributed by atoms with E-state index in [4.69, 9.17) is 4.74 Å². The number of ether oxygens (including phenoxy) is 1. The van der Waals surface area contributed by atoms with Crippen molar-refractivity contribution in [3.05, 3.63) is 28.8 Å². The minimum atomic E-state index is -0.488. The van der Waals surface area contributed by atoms with Crippen LogP contribution in [0.1, 0.15) is 44.7 Å². The molecule has 1 aliphatic heterocycles. The molecule has 3 rings (SSSR count). The lowest BCUT2D eigenvalue weighted by Crippen LogP contribution is -2.39. The van der Waals surface area contributed by atoms with Crippen LogP contribution in [0.5, 0.6) is 11.5 Å². The van der Waals surface area contributed by atoms with Crippen molar-refractivity contribution in [2.75, 3.05) is 0 Å². The van der Waals surface area contributed by atoms with Crippen LogP contribution >= 0.6 is 0 Å². The van der Waals surface area contributed by atoms with Crippen molar-refractivity contribution in [2.24, 2.45) is 5.92 Å². The number of fused-ring (bicyclic) bond motifs is 2. The third kappa shape index (κ3) is 1.76. The predicted molar refractivity (Wildman–Crippen MR) is 77.9 cm³/mol. The molecule has 1 aromatic carbocycles. The molecule has 0 spiro atoms. The second-order valence-corrected chi connectivity index (χ2v) is 6.43. The first kappa shape index (κ1) is 13.2. The highest BCUT2D eigenvalue weighted by Crippen LogP contribution is 2.50. The number of aryl methyl sites for hydroxylation is 1. The summed E-state index contributed by atoms with van der Waals surface area (Å²) in [5.74, 6) is 0.901. The van der Waals surface area contributed by atoms with Crippen molar-refractivity contribution in [1.29, 1.82) is 0 Å². The molecule has 0 bridgehead atoms. The fourth-order valence-electron chi connectivity index (χ4n) is 3.29. The van der Waals surface area contributed by atoms with E-state index in [2.05, 4.69) is 0 Å². The van der Waals surface area contributed by atoms with Crippen molar-refractivity contribution >= 4 is 11.4 Å². The maximum Gasteiger partial charge on any atom is 0.166 e. The van der Waals surface area contributed by atoms with E-state index >= 15 is 0 Å². The van der Waals surface area contributed by atoms with Gasteiger partial charge >= 0.3 is 0 Å². The number of benzene rings is 1. The standard InChI is InChI=1S/C17H20O3/c1-9-7-12(18)15-13(8-9)20-17(3,4)11-6-5-10(2)16(19)14(11)15/h7-8,10,18H,5-6H2,1-4H3. The highest BCUT2D eigenvalue weighted by Gasteiger charge is 2.42. The molecule has 3 heteroatoms. The number of phenols is 1. The van der Waals surface area contributed by atoms with Gasteiger partial charge in [-0.1, -0.05) is 6.92 Å². The number of carbonyl (C=O) groups excluding carboxylic acids is 1. The Hall–Kier alpha value is -1.77. The molecular formula is C17H20O3. The van der Waals surface area contributed by atoms with Crippen LogP contribution in [-0.4, -0.2) is 16.5 Å². The number of phenolic OH excluding ortho intramolecular Hbond substituents is 1. The summed E-state index contributed by atoms with van der Waals surface area (Å²) in [5, 5.41) is 10.3. The van der Waals surface area contributed by atoms with Gasteiger partial charge in [0.2, 0.25) is 0 Å². The lowest BCUT2D eigenvalue weighted by Gasteiger charge is -2.40. The van der Waals surface area contributed by atoms with Gasteiger partial charge in [0.15, 0.2) is 5.78 Å². The van der Waals surface area contributed by atoms with E-state index in [0.29, 0.717) is 16.9 Å². The van der Waals surface area contributed by atoms with Crippen LogP contribution in [0.2, 0.25) is 0 Å². The van der Waals surface area contributed by atoms with Gasteiger partial charge in [0.25, 0.3) is 0 Å². The van der Waals surface area contributed by atoms with Crippen LogP contribution in [0, 0.1) is 12.8 Å². The van der Waals surface area contributed by atoms with E-state index in [1.54, 1.807) is 6.07 Å². The quantitative estimate of drug-likeness (QED) is 0.784. The van der Waals surface area contributed by atoms with Gasteiger partial charge in [-0.05, 0) is 56.9 Å². The molecule has 1 atom stereocenters. The monoisotopic (exact) mass is 272 g/mol. The first-order valence-electron chi connectivity index (χ1n) is 7.12. The van der Waals surface area contributed by atoms with E-state index in [-0.39, 0.29) is 17.5 Å². The average molecular weight is 272 g/mol. The number of allylic oxidation sites excluding steroid dienone is 1.